The van der Waals surface area contributed by atoms with Crippen molar-refractivity contribution in [1.29, 1.82) is 0 Å². The molecule has 0 saturated heterocycles. The molecule has 3 N–H and O–H groups in total. The van der Waals surface area contributed by atoms with Crippen molar-refractivity contribution in [3.63, 3.8) is 0 Å². The number of aliphatic carboxylic acids is 1. The van der Waals surface area contributed by atoms with E-state index in [1.807, 2.05) is 36.4 Å². The van der Waals surface area contributed by atoms with Gasteiger partial charge in [0, 0.05) is 5.92 Å². The lowest BCUT2D eigenvalue weighted by atomic mass is 9.98. The molecule has 3 aromatic rings. The number of furan rings is 1. The van der Waals surface area contributed by atoms with Gasteiger partial charge in [0.05, 0.1) is 6.54 Å². The lowest BCUT2D eigenvalue weighted by Gasteiger charge is -2.16. The van der Waals surface area contributed by atoms with E-state index in [1.165, 1.54) is 6.07 Å². The summed E-state index contributed by atoms with van der Waals surface area (Å²) in [5.74, 6) is -1.77. The van der Waals surface area contributed by atoms with Crippen LogP contribution < -0.4 is 10.6 Å². The van der Waals surface area contributed by atoms with Gasteiger partial charge in [0.1, 0.15) is 18.4 Å². The summed E-state index contributed by atoms with van der Waals surface area (Å²) in [5.41, 5.74) is 4.55. The topological polar surface area (TPSA) is 118 Å². The summed E-state index contributed by atoms with van der Waals surface area (Å²) in [4.78, 5) is 35.9. The molecule has 0 radical (unpaired) electrons. The molecule has 176 valence electrons. The Morgan fingerprint density at radius 3 is 2.18 bits per heavy atom. The van der Waals surface area contributed by atoms with E-state index in [4.69, 9.17) is 9.15 Å². The number of amides is 2. The second-order valence-corrected chi connectivity index (χ2v) is 8.48. The Morgan fingerprint density at radius 1 is 0.971 bits per heavy atom. The zero-order chi connectivity index (χ0) is 24.2. The van der Waals surface area contributed by atoms with Crippen molar-refractivity contribution in [2.75, 3.05) is 6.61 Å². The lowest BCUT2D eigenvalue weighted by Crippen LogP contribution is -2.44. The van der Waals surface area contributed by atoms with E-state index in [9.17, 15) is 19.5 Å². The Bertz CT molecular complexity index is 1170. The summed E-state index contributed by atoms with van der Waals surface area (Å²) < 4.78 is 10.9. The smallest absolute Gasteiger partial charge is 0.407 e. The highest BCUT2D eigenvalue weighted by molar-refractivity contribution is 5.94. The molecule has 34 heavy (non-hydrogen) atoms. The van der Waals surface area contributed by atoms with Gasteiger partial charge >= 0.3 is 12.1 Å². The standard InChI is InChI=1S/C26H26N2O6/c1-15(2)23(25(30)31)28-24(29)22-12-11-16(34-22)13-27-26(32)33-14-21-19-9-5-3-7-17(19)18-8-4-6-10-20(18)21/h3-12,15,21,23H,13-14H2,1-2H3,(H,27,32)(H,28,29)(H,30,31)/t23-/m0/s1. The van der Waals surface area contributed by atoms with E-state index in [0.29, 0.717) is 5.76 Å². The maximum Gasteiger partial charge on any atom is 0.407 e. The minimum absolute atomic E-state index is 0.0243. The molecule has 0 aliphatic heterocycles. The van der Waals surface area contributed by atoms with Crippen molar-refractivity contribution in [1.82, 2.24) is 10.6 Å². The highest BCUT2D eigenvalue weighted by Crippen LogP contribution is 2.44. The van der Waals surface area contributed by atoms with Crippen LogP contribution in [0.5, 0.6) is 0 Å². The summed E-state index contributed by atoms with van der Waals surface area (Å²) >= 11 is 0. The summed E-state index contributed by atoms with van der Waals surface area (Å²) in [6.45, 7) is 3.61. The van der Waals surface area contributed by atoms with Crippen LogP contribution in [0.4, 0.5) is 4.79 Å². The number of carboxylic acids is 1. The van der Waals surface area contributed by atoms with Crippen LogP contribution in [0.3, 0.4) is 0 Å². The Kier molecular flexibility index (Phi) is 6.67. The first-order valence-corrected chi connectivity index (χ1v) is 11.1. The molecule has 2 amide bonds. The van der Waals surface area contributed by atoms with Crippen molar-refractivity contribution in [3.05, 3.63) is 83.3 Å². The van der Waals surface area contributed by atoms with Gasteiger partial charge in [-0.1, -0.05) is 62.4 Å². The number of carboxylic acid groups (broad SMARTS) is 1. The van der Waals surface area contributed by atoms with Gasteiger partial charge in [0.15, 0.2) is 5.76 Å². The number of ether oxygens (including phenoxy) is 1. The van der Waals surface area contributed by atoms with Crippen molar-refractivity contribution in [2.24, 2.45) is 5.92 Å². The second-order valence-electron chi connectivity index (χ2n) is 8.48. The van der Waals surface area contributed by atoms with Gasteiger partial charge in [-0.2, -0.15) is 0 Å². The third kappa shape index (κ3) is 4.80. The van der Waals surface area contributed by atoms with Crippen molar-refractivity contribution < 1.29 is 28.6 Å². The number of nitrogens with one attached hydrogen (secondary N) is 2. The predicted molar refractivity (Wildman–Crippen MR) is 124 cm³/mol. The van der Waals surface area contributed by atoms with Crippen LogP contribution in [-0.4, -0.2) is 35.7 Å². The summed E-state index contributed by atoms with van der Waals surface area (Å²) in [7, 11) is 0. The van der Waals surface area contributed by atoms with E-state index in [0.717, 1.165) is 22.3 Å². The molecule has 4 rings (SSSR count). The molecule has 0 unspecified atom stereocenters. The molecule has 2 aromatic carbocycles. The van der Waals surface area contributed by atoms with Crippen molar-refractivity contribution in [3.8, 4) is 11.1 Å². The fourth-order valence-electron chi connectivity index (χ4n) is 4.13. The molecule has 1 atom stereocenters. The highest BCUT2D eigenvalue weighted by atomic mass is 16.5. The van der Waals surface area contributed by atoms with Crippen LogP contribution >= 0.6 is 0 Å². The Morgan fingerprint density at radius 2 is 1.59 bits per heavy atom. The SMILES string of the molecule is CC(C)[C@H](NC(=O)c1ccc(CNC(=O)OCC2c3ccccc3-c3ccccc32)o1)C(=O)O. The summed E-state index contributed by atoms with van der Waals surface area (Å²) in [6.07, 6.45) is -0.602. The van der Waals surface area contributed by atoms with E-state index >= 15 is 0 Å². The number of fused-ring (bicyclic) bond motifs is 3. The number of carbonyl (C=O) groups excluding carboxylic acids is 2. The van der Waals surface area contributed by atoms with Gasteiger partial charge in [-0.15, -0.1) is 0 Å². The zero-order valence-electron chi connectivity index (χ0n) is 18.9. The zero-order valence-corrected chi connectivity index (χ0v) is 18.9. The number of hydrogen-bond acceptors (Lipinski definition) is 5. The van der Waals surface area contributed by atoms with E-state index < -0.39 is 24.0 Å². The van der Waals surface area contributed by atoms with Crippen LogP contribution in [-0.2, 0) is 16.1 Å². The highest BCUT2D eigenvalue weighted by Gasteiger charge is 2.29. The molecule has 0 spiro atoms. The number of benzene rings is 2. The average molecular weight is 463 g/mol. The normalized spacial score (nSPS) is 13.1. The first-order valence-electron chi connectivity index (χ1n) is 11.1. The predicted octanol–water partition coefficient (Wildman–Crippen LogP) is 4.16. The van der Waals surface area contributed by atoms with Gasteiger partial charge in [-0.3, -0.25) is 4.79 Å². The molecule has 0 bridgehead atoms. The van der Waals surface area contributed by atoms with Gasteiger partial charge < -0.3 is 24.9 Å². The van der Waals surface area contributed by atoms with Gasteiger partial charge in [0.2, 0.25) is 0 Å². The molecule has 1 aliphatic rings. The summed E-state index contributed by atoms with van der Waals surface area (Å²) in [5, 5.41) is 14.3. The van der Waals surface area contributed by atoms with E-state index in [1.54, 1.807) is 19.9 Å². The molecule has 0 saturated carbocycles. The Labute approximate surface area is 196 Å². The maximum atomic E-state index is 12.3. The first-order chi connectivity index (χ1) is 16.3. The fourth-order valence-corrected chi connectivity index (χ4v) is 4.13. The number of rotatable bonds is 8. The third-order valence-electron chi connectivity index (χ3n) is 5.86. The lowest BCUT2D eigenvalue weighted by molar-refractivity contribution is -0.140. The minimum Gasteiger partial charge on any atom is -0.480 e. The van der Waals surface area contributed by atoms with Crippen molar-refractivity contribution >= 4 is 18.0 Å². The molecule has 8 nitrogen and oxygen atoms in total. The van der Waals surface area contributed by atoms with Crippen LogP contribution in [0.2, 0.25) is 0 Å². The largest absolute Gasteiger partial charge is 0.480 e. The van der Waals surface area contributed by atoms with Crippen molar-refractivity contribution in [2.45, 2.75) is 32.4 Å². The van der Waals surface area contributed by atoms with E-state index in [2.05, 4.69) is 22.8 Å². The van der Waals surface area contributed by atoms with Crippen LogP contribution in [0, 0.1) is 5.92 Å². The molecular formula is C26H26N2O6. The molecule has 1 aliphatic carbocycles. The third-order valence-corrected chi connectivity index (χ3v) is 5.86. The molecule has 0 fully saturated rings. The Hall–Kier alpha value is -4.07. The first kappa shape index (κ1) is 23.1. The monoisotopic (exact) mass is 462 g/mol. The second kappa shape index (κ2) is 9.82. The summed E-state index contributed by atoms with van der Waals surface area (Å²) in [6, 6.07) is 18.1. The van der Waals surface area contributed by atoms with Gasteiger partial charge in [-0.05, 0) is 40.3 Å². The maximum absolute atomic E-state index is 12.3. The molecule has 1 heterocycles. The minimum atomic E-state index is -1.12. The molecule has 8 heteroatoms. The van der Waals surface area contributed by atoms with Gasteiger partial charge in [0.25, 0.3) is 5.91 Å². The number of hydrogen-bond donors (Lipinski definition) is 3. The quantitative estimate of drug-likeness (QED) is 0.463. The van der Waals surface area contributed by atoms with Crippen LogP contribution in [0.15, 0.2) is 65.1 Å². The van der Waals surface area contributed by atoms with E-state index in [-0.39, 0.29) is 30.7 Å². The van der Waals surface area contributed by atoms with Crippen LogP contribution in [0.25, 0.3) is 11.1 Å². The fraction of sp³-hybridized carbons (Fsp3) is 0.269. The average Bonchev–Trinajstić information content (AvgIpc) is 3.42. The molecule has 1 aromatic heterocycles. The number of carbonyl (C=O) groups is 3. The van der Waals surface area contributed by atoms with Crippen LogP contribution in [0.1, 0.15) is 47.2 Å². The Balaban J connectivity index is 1.31. The number of alkyl carbamates (subject to hydrolysis) is 1. The van der Waals surface area contributed by atoms with Gasteiger partial charge in [-0.25, -0.2) is 9.59 Å². The molecular weight excluding hydrogens is 436 g/mol.